The first-order valence-corrected chi connectivity index (χ1v) is 7.89. The van der Waals surface area contributed by atoms with Crippen LogP contribution in [0.1, 0.15) is 28.8 Å². The Morgan fingerprint density at radius 2 is 2.04 bits per heavy atom. The zero-order valence-electron chi connectivity index (χ0n) is 13.8. The first-order chi connectivity index (χ1) is 11.6. The van der Waals surface area contributed by atoms with Crippen LogP contribution in [-0.4, -0.2) is 35.7 Å². The molecule has 1 amide bonds. The number of aryl methyl sites for hydroxylation is 1. The van der Waals surface area contributed by atoms with Crippen LogP contribution in [0, 0.1) is 6.92 Å². The normalized spacial score (nSPS) is 14.0. The topological polar surface area (TPSA) is 76.5 Å². The average Bonchev–Trinajstić information content (AvgIpc) is 3.10. The third-order valence-corrected chi connectivity index (χ3v) is 4.15. The van der Waals surface area contributed by atoms with Crippen LogP contribution in [0.25, 0.3) is 5.69 Å². The molecule has 1 aliphatic rings. The Bertz CT molecular complexity index is 810. The van der Waals surface area contributed by atoms with Crippen molar-refractivity contribution in [2.75, 3.05) is 25.1 Å². The highest BCUT2D eigenvalue weighted by molar-refractivity contribution is 5.94. The molecule has 1 aromatic carbocycles. The van der Waals surface area contributed by atoms with E-state index in [0.29, 0.717) is 17.1 Å². The van der Waals surface area contributed by atoms with Crippen molar-refractivity contribution in [1.82, 2.24) is 15.0 Å². The second kappa shape index (κ2) is 6.84. The first kappa shape index (κ1) is 16.2. The summed E-state index contributed by atoms with van der Waals surface area (Å²) in [6.07, 6.45) is 5.39. The second-order valence-electron chi connectivity index (χ2n) is 5.76. The fraction of sp³-hybridized carbons (Fsp3) is 0.353. The molecular formula is C17H20N4O3. The van der Waals surface area contributed by atoms with Gasteiger partial charge in [0.05, 0.1) is 12.8 Å². The molecular weight excluding hydrogens is 308 g/mol. The summed E-state index contributed by atoms with van der Waals surface area (Å²) in [7, 11) is 1.38. The van der Waals surface area contributed by atoms with Gasteiger partial charge in [0.15, 0.2) is 5.82 Å². The SMILES string of the molecule is CONC(=O)c1ccc(C)c(-n2ccnc(N3CCCC3)c2=O)c1. The van der Waals surface area contributed by atoms with Crippen LogP contribution in [0.4, 0.5) is 5.82 Å². The summed E-state index contributed by atoms with van der Waals surface area (Å²) in [5.74, 6) is 0.0989. The van der Waals surface area contributed by atoms with E-state index in [9.17, 15) is 9.59 Å². The van der Waals surface area contributed by atoms with Gasteiger partial charge in [0, 0.05) is 31.0 Å². The van der Waals surface area contributed by atoms with E-state index in [1.54, 1.807) is 29.1 Å². The van der Waals surface area contributed by atoms with E-state index in [2.05, 4.69) is 15.3 Å². The molecule has 126 valence electrons. The van der Waals surface area contributed by atoms with Crippen LogP contribution in [0.3, 0.4) is 0 Å². The van der Waals surface area contributed by atoms with E-state index in [1.165, 1.54) is 7.11 Å². The molecule has 0 saturated carbocycles. The maximum absolute atomic E-state index is 12.8. The van der Waals surface area contributed by atoms with E-state index in [4.69, 9.17) is 0 Å². The number of carbonyl (C=O) groups excluding carboxylic acids is 1. The van der Waals surface area contributed by atoms with Gasteiger partial charge in [-0.15, -0.1) is 0 Å². The van der Waals surface area contributed by atoms with Gasteiger partial charge in [0.2, 0.25) is 0 Å². The number of aromatic nitrogens is 2. The van der Waals surface area contributed by atoms with Gasteiger partial charge in [0.25, 0.3) is 11.5 Å². The molecule has 0 atom stereocenters. The van der Waals surface area contributed by atoms with Crippen molar-refractivity contribution in [3.05, 3.63) is 52.1 Å². The minimum absolute atomic E-state index is 0.174. The highest BCUT2D eigenvalue weighted by Crippen LogP contribution is 2.17. The standard InChI is InChI=1S/C17H20N4O3/c1-12-5-6-13(16(22)19-24-2)11-14(12)21-10-7-18-15(17(21)23)20-8-3-4-9-20/h5-7,10-11H,3-4,8-9H2,1-2H3,(H,19,22). The largest absolute Gasteiger partial charge is 0.352 e. The third kappa shape index (κ3) is 3.03. The van der Waals surface area contributed by atoms with Crippen LogP contribution >= 0.6 is 0 Å². The van der Waals surface area contributed by atoms with Gasteiger partial charge >= 0.3 is 0 Å². The van der Waals surface area contributed by atoms with E-state index < -0.39 is 0 Å². The van der Waals surface area contributed by atoms with Crippen LogP contribution in [0.5, 0.6) is 0 Å². The van der Waals surface area contributed by atoms with Crippen molar-refractivity contribution in [3.8, 4) is 5.69 Å². The maximum Gasteiger partial charge on any atom is 0.298 e. The van der Waals surface area contributed by atoms with Gasteiger partial charge in [-0.3, -0.25) is 19.0 Å². The lowest BCUT2D eigenvalue weighted by Gasteiger charge is -2.17. The van der Waals surface area contributed by atoms with Crippen molar-refractivity contribution in [1.29, 1.82) is 0 Å². The molecule has 0 aliphatic carbocycles. The Kier molecular flexibility index (Phi) is 4.61. The molecule has 0 unspecified atom stereocenters. The van der Waals surface area contributed by atoms with Crippen LogP contribution in [0.15, 0.2) is 35.4 Å². The molecule has 1 aliphatic heterocycles. The molecule has 24 heavy (non-hydrogen) atoms. The minimum Gasteiger partial charge on any atom is -0.352 e. The number of hydrogen-bond donors (Lipinski definition) is 1. The monoisotopic (exact) mass is 328 g/mol. The van der Waals surface area contributed by atoms with Crippen molar-refractivity contribution >= 4 is 11.7 Å². The fourth-order valence-corrected chi connectivity index (χ4v) is 2.90. The number of benzene rings is 1. The molecule has 0 bridgehead atoms. The number of nitrogens with zero attached hydrogens (tertiary/aromatic N) is 3. The molecule has 1 N–H and O–H groups in total. The van der Waals surface area contributed by atoms with E-state index in [-0.39, 0.29) is 11.5 Å². The molecule has 7 nitrogen and oxygen atoms in total. The third-order valence-electron chi connectivity index (χ3n) is 4.15. The Hall–Kier alpha value is -2.67. The summed E-state index contributed by atoms with van der Waals surface area (Å²) in [5, 5.41) is 0. The molecule has 7 heteroatoms. The number of rotatable bonds is 4. The van der Waals surface area contributed by atoms with Gasteiger partial charge in [-0.05, 0) is 37.5 Å². The van der Waals surface area contributed by atoms with E-state index >= 15 is 0 Å². The van der Waals surface area contributed by atoms with E-state index in [1.807, 2.05) is 17.9 Å². The molecule has 2 heterocycles. The number of hydrogen-bond acceptors (Lipinski definition) is 5. The molecule has 1 fully saturated rings. The van der Waals surface area contributed by atoms with E-state index in [0.717, 1.165) is 31.5 Å². The van der Waals surface area contributed by atoms with Crippen LogP contribution in [0.2, 0.25) is 0 Å². The van der Waals surface area contributed by atoms with Crippen molar-refractivity contribution in [3.63, 3.8) is 0 Å². The van der Waals surface area contributed by atoms with Crippen LogP contribution < -0.4 is 15.9 Å². The lowest BCUT2D eigenvalue weighted by atomic mass is 10.1. The summed E-state index contributed by atoms with van der Waals surface area (Å²) in [5.41, 5.74) is 4.08. The summed E-state index contributed by atoms with van der Waals surface area (Å²) >= 11 is 0. The number of amides is 1. The Morgan fingerprint density at radius 1 is 1.29 bits per heavy atom. The predicted molar refractivity (Wildman–Crippen MR) is 90.5 cm³/mol. The molecule has 1 saturated heterocycles. The van der Waals surface area contributed by atoms with Gasteiger partial charge < -0.3 is 4.90 Å². The van der Waals surface area contributed by atoms with Crippen molar-refractivity contribution in [2.45, 2.75) is 19.8 Å². The lowest BCUT2D eigenvalue weighted by molar-refractivity contribution is 0.0537. The van der Waals surface area contributed by atoms with Gasteiger partial charge in [0.1, 0.15) is 0 Å². The smallest absolute Gasteiger partial charge is 0.298 e. The first-order valence-electron chi connectivity index (χ1n) is 7.89. The number of hydroxylamine groups is 1. The fourth-order valence-electron chi connectivity index (χ4n) is 2.90. The quantitative estimate of drug-likeness (QED) is 0.859. The summed E-state index contributed by atoms with van der Waals surface area (Å²) in [6, 6.07) is 5.18. The lowest BCUT2D eigenvalue weighted by Crippen LogP contribution is -2.31. The molecule has 0 spiro atoms. The Morgan fingerprint density at radius 3 is 2.75 bits per heavy atom. The molecule has 0 radical (unpaired) electrons. The van der Waals surface area contributed by atoms with Gasteiger partial charge in [-0.2, -0.15) is 0 Å². The van der Waals surface area contributed by atoms with Crippen molar-refractivity contribution in [2.24, 2.45) is 0 Å². The minimum atomic E-state index is -0.361. The van der Waals surface area contributed by atoms with Crippen LogP contribution in [-0.2, 0) is 4.84 Å². The zero-order valence-corrected chi connectivity index (χ0v) is 13.8. The Balaban J connectivity index is 2.05. The number of nitrogens with one attached hydrogen (secondary N) is 1. The molecule has 2 aromatic rings. The summed E-state index contributed by atoms with van der Waals surface area (Å²) < 4.78 is 1.54. The highest BCUT2D eigenvalue weighted by atomic mass is 16.6. The van der Waals surface area contributed by atoms with Crippen molar-refractivity contribution < 1.29 is 9.63 Å². The molecule has 3 rings (SSSR count). The summed E-state index contributed by atoms with van der Waals surface area (Å²) in [4.78, 5) is 35.7. The summed E-state index contributed by atoms with van der Waals surface area (Å²) in [6.45, 7) is 3.60. The number of anilines is 1. The number of carbonyl (C=O) groups is 1. The van der Waals surface area contributed by atoms with Gasteiger partial charge in [-0.25, -0.2) is 10.5 Å². The maximum atomic E-state index is 12.8. The highest BCUT2D eigenvalue weighted by Gasteiger charge is 2.19. The average molecular weight is 328 g/mol. The van der Waals surface area contributed by atoms with Gasteiger partial charge in [-0.1, -0.05) is 6.07 Å². The zero-order chi connectivity index (χ0) is 17.1. The second-order valence-corrected chi connectivity index (χ2v) is 5.76. The molecule has 1 aromatic heterocycles. The predicted octanol–water partition coefficient (Wildman–Crippen LogP) is 1.43. The Labute approximate surface area is 139 Å².